The fourth-order valence-electron chi connectivity index (χ4n) is 0.835. The van der Waals surface area contributed by atoms with E-state index in [4.69, 9.17) is 5.11 Å². The van der Waals surface area contributed by atoms with Crippen LogP contribution >= 0.6 is 15.9 Å². The van der Waals surface area contributed by atoms with Crippen molar-refractivity contribution >= 4 is 27.7 Å². The highest BCUT2D eigenvalue weighted by Gasteiger charge is 2.18. The van der Waals surface area contributed by atoms with Crippen molar-refractivity contribution in [2.45, 2.75) is 13.0 Å². The molecule has 0 aliphatic carbocycles. The number of rotatable bonds is 4. The van der Waals surface area contributed by atoms with Crippen LogP contribution in [0.5, 0.6) is 0 Å². The Morgan fingerprint density at radius 3 is 2.86 bits per heavy atom. The first kappa shape index (κ1) is 10.6. The minimum atomic E-state index is -0.973. The number of aromatic nitrogens is 2. The first-order valence-corrected chi connectivity index (χ1v) is 4.39. The van der Waals surface area contributed by atoms with Gasteiger partial charge in [0.2, 0.25) is 0 Å². The maximum Gasteiger partial charge on any atom is 0.404 e. The maximum atomic E-state index is 10.4. The molecule has 1 heterocycles. The highest BCUT2D eigenvalue weighted by atomic mass is 79.9. The molecule has 0 aliphatic heterocycles. The van der Waals surface area contributed by atoms with Gasteiger partial charge >= 0.3 is 11.8 Å². The second-order valence-corrected chi connectivity index (χ2v) is 3.32. The SMILES string of the molecule is O=C(O)CCn1cc(Br)c([N+](=O)[O-])n1. The van der Waals surface area contributed by atoms with Crippen molar-refractivity contribution in [3.05, 3.63) is 20.8 Å². The summed E-state index contributed by atoms with van der Waals surface area (Å²) in [4.78, 5) is 19.9. The molecule has 0 bridgehead atoms. The summed E-state index contributed by atoms with van der Waals surface area (Å²) >= 11 is 2.95. The summed E-state index contributed by atoms with van der Waals surface area (Å²) in [5.41, 5.74) is 0. The maximum absolute atomic E-state index is 10.4. The van der Waals surface area contributed by atoms with Crippen LogP contribution in [0, 0.1) is 10.1 Å². The number of nitrogens with zero attached hydrogens (tertiary/aromatic N) is 3. The zero-order valence-corrected chi connectivity index (χ0v) is 8.47. The van der Waals surface area contributed by atoms with Gasteiger partial charge in [0.25, 0.3) is 0 Å². The number of hydrogen-bond acceptors (Lipinski definition) is 4. The molecule has 0 saturated carbocycles. The van der Waals surface area contributed by atoms with Gasteiger partial charge in [-0.25, -0.2) is 0 Å². The van der Waals surface area contributed by atoms with Crippen molar-refractivity contribution in [1.82, 2.24) is 9.78 Å². The Morgan fingerprint density at radius 2 is 2.43 bits per heavy atom. The average molecular weight is 264 g/mol. The van der Waals surface area contributed by atoms with Gasteiger partial charge in [0.1, 0.15) is 4.47 Å². The van der Waals surface area contributed by atoms with Crippen LogP contribution in [0.1, 0.15) is 6.42 Å². The van der Waals surface area contributed by atoms with E-state index in [0.717, 1.165) is 0 Å². The molecule has 1 rings (SSSR count). The lowest BCUT2D eigenvalue weighted by Crippen LogP contribution is -2.05. The number of carboxylic acid groups (broad SMARTS) is 1. The van der Waals surface area contributed by atoms with E-state index < -0.39 is 10.9 Å². The molecule has 0 aromatic carbocycles. The van der Waals surface area contributed by atoms with Gasteiger partial charge in [-0.1, -0.05) is 0 Å². The van der Waals surface area contributed by atoms with E-state index >= 15 is 0 Å². The lowest BCUT2D eigenvalue weighted by Gasteiger charge is -1.90. The summed E-state index contributed by atoms with van der Waals surface area (Å²) in [7, 11) is 0. The monoisotopic (exact) mass is 263 g/mol. The van der Waals surface area contributed by atoms with E-state index in [2.05, 4.69) is 21.0 Å². The predicted octanol–water partition coefficient (Wildman–Crippen LogP) is 1.03. The van der Waals surface area contributed by atoms with Crippen LogP contribution < -0.4 is 0 Å². The molecule has 7 nitrogen and oxygen atoms in total. The fraction of sp³-hybridized carbons (Fsp3) is 0.333. The molecule has 0 spiro atoms. The largest absolute Gasteiger partial charge is 0.481 e. The summed E-state index contributed by atoms with van der Waals surface area (Å²) in [5.74, 6) is -1.28. The van der Waals surface area contributed by atoms with Gasteiger partial charge in [-0.05, 0) is 20.9 Å². The second kappa shape index (κ2) is 4.18. The lowest BCUT2D eigenvalue weighted by molar-refractivity contribution is -0.390. The van der Waals surface area contributed by atoms with Gasteiger partial charge < -0.3 is 15.2 Å². The minimum Gasteiger partial charge on any atom is -0.481 e. The van der Waals surface area contributed by atoms with Gasteiger partial charge in [0.15, 0.2) is 0 Å². The van der Waals surface area contributed by atoms with Crippen molar-refractivity contribution in [2.75, 3.05) is 0 Å². The summed E-state index contributed by atoms with van der Waals surface area (Å²) in [6, 6.07) is 0. The van der Waals surface area contributed by atoms with Crippen molar-refractivity contribution in [3.63, 3.8) is 0 Å². The predicted molar refractivity (Wildman–Crippen MR) is 48.8 cm³/mol. The Labute approximate surface area is 86.6 Å². The van der Waals surface area contributed by atoms with Gasteiger partial charge in [-0.2, -0.15) is 4.68 Å². The Hall–Kier alpha value is -1.44. The highest BCUT2D eigenvalue weighted by molar-refractivity contribution is 9.10. The number of aliphatic carboxylic acids is 1. The number of hydrogen-bond donors (Lipinski definition) is 1. The molecule has 1 N–H and O–H groups in total. The Bertz CT molecular complexity index is 375. The zero-order valence-electron chi connectivity index (χ0n) is 6.88. The van der Waals surface area contributed by atoms with Crippen LogP contribution in [-0.4, -0.2) is 25.8 Å². The van der Waals surface area contributed by atoms with E-state index in [1.54, 1.807) is 0 Å². The molecule has 76 valence electrons. The molecular formula is C6H6BrN3O4. The third-order valence-corrected chi connectivity index (χ3v) is 1.99. The average Bonchev–Trinajstić information content (AvgIpc) is 2.43. The van der Waals surface area contributed by atoms with Crippen molar-refractivity contribution in [2.24, 2.45) is 0 Å². The van der Waals surface area contributed by atoms with Crippen LogP contribution in [0.2, 0.25) is 0 Å². The molecule has 0 radical (unpaired) electrons. The molecule has 1 aromatic rings. The van der Waals surface area contributed by atoms with E-state index in [1.807, 2.05) is 0 Å². The Kier molecular flexibility index (Phi) is 3.18. The molecule has 1 aromatic heterocycles. The van der Waals surface area contributed by atoms with Crippen LogP contribution in [0.15, 0.2) is 10.7 Å². The van der Waals surface area contributed by atoms with E-state index in [0.29, 0.717) is 0 Å². The van der Waals surface area contributed by atoms with E-state index in [9.17, 15) is 14.9 Å². The number of halogens is 1. The summed E-state index contributed by atoms with van der Waals surface area (Å²) in [6.07, 6.45) is 1.26. The quantitative estimate of drug-likeness (QED) is 0.646. The molecule has 0 atom stereocenters. The first-order valence-electron chi connectivity index (χ1n) is 3.60. The Morgan fingerprint density at radius 1 is 1.79 bits per heavy atom. The lowest BCUT2D eigenvalue weighted by atomic mass is 10.4. The van der Waals surface area contributed by atoms with Gasteiger partial charge in [-0.3, -0.25) is 4.79 Å². The summed E-state index contributed by atoms with van der Waals surface area (Å²) in [5, 5.41) is 22.3. The fourth-order valence-corrected chi connectivity index (χ4v) is 1.30. The normalized spacial score (nSPS) is 10.1. The second-order valence-electron chi connectivity index (χ2n) is 2.46. The molecule has 8 heteroatoms. The number of carboxylic acids is 1. The van der Waals surface area contributed by atoms with Crippen LogP contribution in [0.3, 0.4) is 0 Å². The van der Waals surface area contributed by atoms with Crippen molar-refractivity contribution in [1.29, 1.82) is 0 Å². The minimum absolute atomic E-state index is 0.113. The van der Waals surface area contributed by atoms with Crippen LogP contribution in [0.4, 0.5) is 5.82 Å². The summed E-state index contributed by atoms with van der Waals surface area (Å²) < 4.78 is 1.46. The first-order chi connectivity index (χ1) is 6.50. The molecule has 0 saturated heterocycles. The van der Waals surface area contributed by atoms with Crippen molar-refractivity contribution < 1.29 is 14.8 Å². The third kappa shape index (κ3) is 2.52. The van der Waals surface area contributed by atoms with E-state index in [1.165, 1.54) is 10.9 Å². The molecule has 14 heavy (non-hydrogen) atoms. The highest BCUT2D eigenvalue weighted by Crippen LogP contribution is 2.21. The van der Waals surface area contributed by atoms with Crippen LogP contribution in [0.25, 0.3) is 0 Å². The van der Waals surface area contributed by atoms with Gasteiger partial charge in [0, 0.05) is 0 Å². The molecule has 0 unspecified atom stereocenters. The van der Waals surface area contributed by atoms with Crippen LogP contribution in [-0.2, 0) is 11.3 Å². The number of nitro groups is 1. The summed E-state index contributed by atoms with van der Waals surface area (Å²) in [6.45, 7) is 0.113. The number of carbonyl (C=O) groups is 1. The van der Waals surface area contributed by atoms with Crippen molar-refractivity contribution in [3.8, 4) is 0 Å². The third-order valence-electron chi connectivity index (χ3n) is 1.43. The standard InChI is InChI=1S/C6H6BrN3O4/c7-4-3-9(2-1-5(11)12)8-6(4)10(13)14/h3H,1-2H2,(H,11,12). The smallest absolute Gasteiger partial charge is 0.404 e. The van der Waals surface area contributed by atoms with Gasteiger partial charge in [-0.15, -0.1) is 0 Å². The molecule has 0 fully saturated rings. The van der Waals surface area contributed by atoms with Gasteiger partial charge in [0.05, 0.1) is 24.3 Å². The Balaban J connectivity index is 2.76. The molecular weight excluding hydrogens is 258 g/mol. The molecule has 0 amide bonds. The topological polar surface area (TPSA) is 98.3 Å². The van der Waals surface area contributed by atoms with E-state index in [-0.39, 0.29) is 23.3 Å². The molecule has 0 aliphatic rings. The zero-order chi connectivity index (χ0) is 10.7. The number of aryl methyl sites for hydroxylation is 1.